The number of halogens is 2. The van der Waals surface area contributed by atoms with Gasteiger partial charge in [-0.1, -0.05) is 6.07 Å². The minimum atomic E-state index is -0.863. The van der Waals surface area contributed by atoms with Crippen molar-refractivity contribution in [2.45, 2.75) is 24.0 Å². The van der Waals surface area contributed by atoms with Gasteiger partial charge in [0.25, 0.3) is 0 Å². The summed E-state index contributed by atoms with van der Waals surface area (Å²) in [5, 5.41) is 8.84. The summed E-state index contributed by atoms with van der Waals surface area (Å²) < 4.78 is 26.8. The van der Waals surface area contributed by atoms with E-state index in [-0.39, 0.29) is 6.42 Å². The van der Waals surface area contributed by atoms with Crippen LogP contribution in [0.3, 0.4) is 0 Å². The first-order valence-electron chi connectivity index (χ1n) is 7.16. The Bertz CT molecular complexity index is 510. The summed E-state index contributed by atoms with van der Waals surface area (Å²) in [5.41, 5.74) is 0.663. The van der Waals surface area contributed by atoms with Crippen molar-refractivity contribution in [2.24, 2.45) is 0 Å². The molecule has 0 aliphatic carbocycles. The highest BCUT2D eigenvalue weighted by molar-refractivity contribution is 8.20. The van der Waals surface area contributed by atoms with Crippen LogP contribution in [0.5, 0.6) is 0 Å². The number of nitrogens with zero attached hydrogens (tertiary/aromatic N) is 1. The van der Waals surface area contributed by atoms with Crippen molar-refractivity contribution < 1.29 is 18.7 Å². The average molecular weight is 347 g/mol. The molecule has 2 rings (SSSR count). The smallest absolute Gasteiger partial charge is 0.304 e. The van der Waals surface area contributed by atoms with E-state index in [1.807, 2.05) is 28.4 Å². The number of hydrogen-bond acceptors (Lipinski definition) is 4. The Balaban J connectivity index is 1.92. The molecule has 0 amide bonds. The summed E-state index contributed by atoms with van der Waals surface area (Å²) in [6, 6.07) is 3.84. The van der Waals surface area contributed by atoms with E-state index >= 15 is 0 Å². The van der Waals surface area contributed by atoms with Crippen LogP contribution in [-0.4, -0.2) is 45.2 Å². The predicted octanol–water partition coefficient (Wildman–Crippen LogP) is 3.44. The second kappa shape index (κ2) is 8.74. The van der Waals surface area contributed by atoms with Gasteiger partial charge in [-0.15, -0.1) is 23.5 Å². The fourth-order valence-corrected chi connectivity index (χ4v) is 5.08. The third-order valence-corrected chi connectivity index (χ3v) is 6.57. The van der Waals surface area contributed by atoms with Crippen LogP contribution < -0.4 is 0 Å². The first-order chi connectivity index (χ1) is 10.5. The SMILES string of the molecule is O=C(O)CCN(CCC1SCCS1)Cc1ccc(F)c(F)c1. The van der Waals surface area contributed by atoms with E-state index in [2.05, 4.69) is 0 Å². The minimum Gasteiger partial charge on any atom is -0.481 e. The number of rotatable bonds is 8. The van der Waals surface area contributed by atoms with Crippen LogP contribution in [0.25, 0.3) is 0 Å². The molecule has 7 heteroatoms. The lowest BCUT2D eigenvalue weighted by molar-refractivity contribution is -0.137. The Morgan fingerprint density at radius 3 is 2.59 bits per heavy atom. The van der Waals surface area contributed by atoms with E-state index in [0.717, 1.165) is 30.5 Å². The number of carboxylic acid groups (broad SMARTS) is 1. The highest BCUT2D eigenvalue weighted by atomic mass is 32.2. The number of carboxylic acids is 1. The third kappa shape index (κ3) is 5.78. The van der Waals surface area contributed by atoms with Gasteiger partial charge in [0, 0.05) is 31.1 Å². The van der Waals surface area contributed by atoms with Gasteiger partial charge in [-0.3, -0.25) is 9.69 Å². The summed E-state index contributed by atoms with van der Waals surface area (Å²) >= 11 is 3.86. The van der Waals surface area contributed by atoms with E-state index in [9.17, 15) is 13.6 Å². The lowest BCUT2D eigenvalue weighted by Crippen LogP contribution is -2.28. The van der Waals surface area contributed by atoms with Crippen LogP contribution >= 0.6 is 23.5 Å². The van der Waals surface area contributed by atoms with E-state index < -0.39 is 17.6 Å². The van der Waals surface area contributed by atoms with Crippen molar-refractivity contribution in [3.05, 3.63) is 35.4 Å². The topological polar surface area (TPSA) is 40.5 Å². The molecule has 0 unspecified atom stereocenters. The molecule has 1 aromatic carbocycles. The molecule has 0 spiro atoms. The van der Waals surface area contributed by atoms with E-state index in [0.29, 0.717) is 23.2 Å². The first-order valence-corrected chi connectivity index (χ1v) is 9.25. The molecule has 0 radical (unpaired) electrons. The van der Waals surface area contributed by atoms with Gasteiger partial charge in [0.1, 0.15) is 0 Å². The van der Waals surface area contributed by atoms with Crippen molar-refractivity contribution in [2.75, 3.05) is 24.6 Å². The minimum absolute atomic E-state index is 0.0502. The molecule has 1 aliphatic rings. The number of hydrogen-bond donors (Lipinski definition) is 1. The fraction of sp³-hybridized carbons (Fsp3) is 0.533. The standard InChI is InChI=1S/C15H19F2NO2S2/c16-12-2-1-11(9-13(12)17)10-18(5-3-14(19)20)6-4-15-21-7-8-22-15/h1-2,9,15H,3-8,10H2,(H,19,20). The van der Waals surface area contributed by atoms with Gasteiger partial charge in [0.2, 0.25) is 0 Å². The van der Waals surface area contributed by atoms with Crippen LogP contribution in [-0.2, 0) is 11.3 Å². The normalized spacial score (nSPS) is 15.6. The molecule has 0 bridgehead atoms. The molecule has 0 atom stereocenters. The summed E-state index contributed by atoms with van der Waals surface area (Å²) in [5.74, 6) is -0.251. The lowest BCUT2D eigenvalue weighted by atomic mass is 10.2. The molecule has 3 nitrogen and oxygen atoms in total. The molecule has 22 heavy (non-hydrogen) atoms. The van der Waals surface area contributed by atoms with Crippen molar-refractivity contribution in [3.63, 3.8) is 0 Å². The molecule has 1 aromatic rings. The van der Waals surface area contributed by atoms with Gasteiger partial charge in [-0.05, 0) is 24.1 Å². The number of aliphatic carboxylic acids is 1. The molecule has 0 saturated carbocycles. The molecule has 1 saturated heterocycles. The number of thioether (sulfide) groups is 2. The van der Waals surface area contributed by atoms with E-state index in [1.54, 1.807) is 6.07 Å². The van der Waals surface area contributed by atoms with Gasteiger partial charge in [-0.25, -0.2) is 8.78 Å². The van der Waals surface area contributed by atoms with Gasteiger partial charge in [0.15, 0.2) is 11.6 Å². The largest absolute Gasteiger partial charge is 0.481 e. The van der Waals surface area contributed by atoms with Crippen molar-refractivity contribution in [1.82, 2.24) is 4.90 Å². The molecule has 1 heterocycles. The molecular formula is C15H19F2NO2S2. The average Bonchev–Trinajstić information content (AvgIpc) is 2.99. The summed E-state index contributed by atoms with van der Waals surface area (Å²) in [4.78, 5) is 12.8. The van der Waals surface area contributed by atoms with Gasteiger partial charge < -0.3 is 5.11 Å². The maximum atomic E-state index is 13.3. The third-order valence-electron chi connectivity index (χ3n) is 3.40. The Hall–Kier alpha value is -0.790. The van der Waals surface area contributed by atoms with Gasteiger partial charge >= 0.3 is 5.97 Å². The van der Waals surface area contributed by atoms with Crippen molar-refractivity contribution >= 4 is 29.5 Å². The van der Waals surface area contributed by atoms with Crippen LogP contribution in [0.1, 0.15) is 18.4 Å². The molecule has 1 aliphatic heterocycles. The Kier molecular flexibility index (Phi) is 6.98. The Labute approximate surface area is 137 Å². The predicted molar refractivity (Wildman–Crippen MR) is 87.2 cm³/mol. The molecule has 1 N–H and O–H groups in total. The lowest BCUT2D eigenvalue weighted by Gasteiger charge is -2.23. The zero-order valence-electron chi connectivity index (χ0n) is 12.1. The molecular weight excluding hydrogens is 328 g/mol. The maximum absolute atomic E-state index is 13.3. The first kappa shape index (κ1) is 17.6. The molecule has 122 valence electrons. The zero-order chi connectivity index (χ0) is 15.9. The number of benzene rings is 1. The van der Waals surface area contributed by atoms with Gasteiger partial charge in [0.05, 0.1) is 11.0 Å². The Morgan fingerprint density at radius 1 is 1.23 bits per heavy atom. The molecule has 0 aromatic heterocycles. The quantitative estimate of drug-likeness (QED) is 0.780. The maximum Gasteiger partial charge on any atom is 0.304 e. The second-order valence-electron chi connectivity index (χ2n) is 5.13. The zero-order valence-corrected chi connectivity index (χ0v) is 13.8. The number of carbonyl (C=O) groups is 1. The van der Waals surface area contributed by atoms with E-state index in [1.165, 1.54) is 6.07 Å². The van der Waals surface area contributed by atoms with Crippen LogP contribution in [0.15, 0.2) is 18.2 Å². The van der Waals surface area contributed by atoms with Crippen molar-refractivity contribution in [1.29, 1.82) is 0 Å². The highest BCUT2D eigenvalue weighted by Gasteiger charge is 2.18. The fourth-order valence-electron chi connectivity index (χ4n) is 2.28. The second-order valence-corrected chi connectivity index (χ2v) is 8.05. The summed E-state index contributed by atoms with van der Waals surface area (Å²) in [7, 11) is 0. The van der Waals surface area contributed by atoms with E-state index in [4.69, 9.17) is 5.11 Å². The summed E-state index contributed by atoms with van der Waals surface area (Å²) in [6.07, 6.45) is 1.02. The van der Waals surface area contributed by atoms with Crippen LogP contribution in [0, 0.1) is 11.6 Å². The van der Waals surface area contributed by atoms with Gasteiger partial charge in [-0.2, -0.15) is 0 Å². The van der Waals surface area contributed by atoms with Crippen LogP contribution in [0.4, 0.5) is 8.78 Å². The highest BCUT2D eigenvalue weighted by Crippen LogP contribution is 2.34. The summed E-state index contributed by atoms with van der Waals surface area (Å²) in [6.45, 7) is 1.61. The van der Waals surface area contributed by atoms with Crippen LogP contribution in [0.2, 0.25) is 0 Å². The Morgan fingerprint density at radius 2 is 1.95 bits per heavy atom. The van der Waals surface area contributed by atoms with Crippen molar-refractivity contribution in [3.8, 4) is 0 Å². The monoisotopic (exact) mass is 347 g/mol. The molecule has 1 fully saturated rings.